The molecule has 126 valence electrons. The first-order valence-electron chi connectivity index (χ1n) is 8.95. The number of rotatable bonds is 6. The van der Waals surface area contributed by atoms with Crippen molar-refractivity contribution in [1.82, 2.24) is 10.2 Å². The Hall–Kier alpha value is -2.06. The van der Waals surface area contributed by atoms with Crippen LogP contribution in [0.1, 0.15) is 41.2 Å². The van der Waals surface area contributed by atoms with E-state index in [0.717, 1.165) is 38.3 Å². The molecule has 2 aromatic carbocycles. The van der Waals surface area contributed by atoms with Gasteiger partial charge in [-0.15, -0.1) is 0 Å². The third-order valence-electron chi connectivity index (χ3n) is 4.98. The third kappa shape index (κ3) is 4.07. The normalized spacial score (nSPS) is 14.2. The van der Waals surface area contributed by atoms with Crippen LogP contribution in [-0.4, -0.2) is 11.4 Å². The monoisotopic (exact) mass is 320 g/mol. The molecule has 0 bridgehead atoms. The standard InChI is InChI=1S/C22H28N2/c1-4-18(3)23-14-19-8-10-20(11-9-19)15-24-13-12-22-17(2)6-5-7-21(22)16-24/h5-11,23H,3-4,12-16H2,1-2H3. The number of nitrogens with one attached hydrogen (secondary N) is 1. The quantitative estimate of drug-likeness (QED) is 0.839. The highest BCUT2D eigenvalue weighted by Gasteiger charge is 2.17. The predicted molar refractivity (Wildman–Crippen MR) is 102 cm³/mol. The topological polar surface area (TPSA) is 15.3 Å². The van der Waals surface area contributed by atoms with E-state index in [1.807, 2.05) is 0 Å². The fraction of sp³-hybridized carbons (Fsp3) is 0.364. The molecule has 1 aliphatic heterocycles. The van der Waals surface area contributed by atoms with Crippen LogP contribution >= 0.6 is 0 Å². The number of hydrogen-bond acceptors (Lipinski definition) is 2. The summed E-state index contributed by atoms with van der Waals surface area (Å²) in [6.07, 6.45) is 2.15. The molecular formula is C22H28N2. The Morgan fingerprint density at radius 1 is 1.12 bits per heavy atom. The number of fused-ring (bicyclic) bond motifs is 1. The Kier molecular flexibility index (Phi) is 5.37. The lowest BCUT2D eigenvalue weighted by Gasteiger charge is -2.29. The Bertz CT molecular complexity index is 700. The van der Waals surface area contributed by atoms with Gasteiger partial charge in [-0.1, -0.05) is 56.0 Å². The molecule has 0 atom stereocenters. The first-order chi connectivity index (χ1) is 11.7. The van der Waals surface area contributed by atoms with Gasteiger partial charge in [-0.3, -0.25) is 4.90 Å². The maximum Gasteiger partial charge on any atom is 0.0397 e. The van der Waals surface area contributed by atoms with Crippen LogP contribution in [0.3, 0.4) is 0 Å². The number of hydrogen-bond donors (Lipinski definition) is 1. The molecule has 0 radical (unpaired) electrons. The predicted octanol–water partition coefficient (Wildman–Crippen LogP) is 4.57. The molecule has 1 aliphatic rings. The highest BCUT2D eigenvalue weighted by molar-refractivity contribution is 5.36. The number of nitrogens with zero attached hydrogens (tertiary/aromatic N) is 1. The van der Waals surface area contributed by atoms with Crippen LogP contribution in [0.25, 0.3) is 0 Å². The summed E-state index contributed by atoms with van der Waals surface area (Å²) >= 11 is 0. The van der Waals surface area contributed by atoms with Crippen molar-refractivity contribution in [2.75, 3.05) is 6.54 Å². The number of benzene rings is 2. The summed E-state index contributed by atoms with van der Waals surface area (Å²) in [5, 5.41) is 3.36. The van der Waals surface area contributed by atoms with Gasteiger partial charge in [0.1, 0.15) is 0 Å². The van der Waals surface area contributed by atoms with Crippen LogP contribution in [0, 0.1) is 6.92 Å². The van der Waals surface area contributed by atoms with Crippen molar-refractivity contribution in [2.45, 2.75) is 46.3 Å². The zero-order valence-electron chi connectivity index (χ0n) is 14.9. The molecule has 0 aromatic heterocycles. The first-order valence-corrected chi connectivity index (χ1v) is 8.95. The molecule has 1 N–H and O–H groups in total. The van der Waals surface area contributed by atoms with Gasteiger partial charge in [-0.2, -0.15) is 0 Å². The van der Waals surface area contributed by atoms with Gasteiger partial charge in [0, 0.05) is 31.9 Å². The lowest BCUT2D eigenvalue weighted by molar-refractivity contribution is 0.245. The Morgan fingerprint density at radius 2 is 1.88 bits per heavy atom. The summed E-state index contributed by atoms with van der Waals surface area (Å²) in [7, 11) is 0. The van der Waals surface area contributed by atoms with Crippen LogP contribution in [-0.2, 0) is 26.1 Å². The van der Waals surface area contributed by atoms with Gasteiger partial charge in [-0.05, 0) is 47.6 Å². The Labute approximate surface area is 146 Å². The lowest BCUT2D eigenvalue weighted by Crippen LogP contribution is -2.30. The van der Waals surface area contributed by atoms with Crippen LogP contribution in [0.4, 0.5) is 0 Å². The van der Waals surface area contributed by atoms with Gasteiger partial charge >= 0.3 is 0 Å². The molecule has 0 amide bonds. The summed E-state index contributed by atoms with van der Waals surface area (Å²) in [4.78, 5) is 2.55. The van der Waals surface area contributed by atoms with Gasteiger partial charge in [0.25, 0.3) is 0 Å². The molecule has 2 aromatic rings. The van der Waals surface area contributed by atoms with Gasteiger partial charge in [0.05, 0.1) is 0 Å². The van der Waals surface area contributed by atoms with Gasteiger partial charge < -0.3 is 5.32 Å². The molecule has 0 aliphatic carbocycles. The fourth-order valence-corrected chi connectivity index (χ4v) is 3.37. The van der Waals surface area contributed by atoms with Crippen molar-refractivity contribution in [3.8, 4) is 0 Å². The average Bonchev–Trinajstić information content (AvgIpc) is 2.61. The average molecular weight is 320 g/mol. The molecule has 24 heavy (non-hydrogen) atoms. The van der Waals surface area contributed by atoms with E-state index in [9.17, 15) is 0 Å². The SMILES string of the molecule is C=C(CC)NCc1ccc(CN2CCc3c(C)cccc3C2)cc1. The van der Waals surface area contributed by atoms with Crippen LogP contribution in [0.15, 0.2) is 54.7 Å². The highest BCUT2D eigenvalue weighted by Crippen LogP contribution is 2.23. The molecule has 0 saturated carbocycles. The number of aryl methyl sites for hydroxylation is 1. The molecule has 0 saturated heterocycles. The summed E-state index contributed by atoms with van der Waals surface area (Å²) in [6.45, 7) is 12.5. The molecule has 2 heteroatoms. The largest absolute Gasteiger partial charge is 0.385 e. The van der Waals surface area contributed by atoms with Crippen LogP contribution in [0.2, 0.25) is 0 Å². The highest BCUT2D eigenvalue weighted by atomic mass is 15.1. The van der Waals surface area contributed by atoms with Crippen LogP contribution < -0.4 is 5.32 Å². The van der Waals surface area contributed by atoms with E-state index >= 15 is 0 Å². The first kappa shape index (κ1) is 16.8. The Morgan fingerprint density at radius 3 is 2.62 bits per heavy atom. The molecule has 1 heterocycles. The van der Waals surface area contributed by atoms with Crippen molar-refractivity contribution in [3.05, 3.63) is 82.6 Å². The number of allylic oxidation sites excluding steroid dienone is 1. The van der Waals surface area contributed by atoms with Crippen molar-refractivity contribution in [2.24, 2.45) is 0 Å². The van der Waals surface area contributed by atoms with E-state index < -0.39 is 0 Å². The summed E-state index contributed by atoms with van der Waals surface area (Å²) in [5.41, 5.74) is 8.31. The molecular weight excluding hydrogens is 292 g/mol. The zero-order chi connectivity index (χ0) is 16.9. The third-order valence-corrected chi connectivity index (χ3v) is 4.98. The lowest BCUT2D eigenvalue weighted by atomic mass is 9.95. The molecule has 0 unspecified atom stereocenters. The minimum atomic E-state index is 0.864. The van der Waals surface area contributed by atoms with Crippen LogP contribution in [0.5, 0.6) is 0 Å². The van der Waals surface area contributed by atoms with Crippen molar-refractivity contribution < 1.29 is 0 Å². The van der Waals surface area contributed by atoms with Gasteiger partial charge in [-0.25, -0.2) is 0 Å². The van der Waals surface area contributed by atoms with E-state index in [-0.39, 0.29) is 0 Å². The van der Waals surface area contributed by atoms with E-state index in [0.29, 0.717) is 0 Å². The summed E-state index contributed by atoms with van der Waals surface area (Å²) < 4.78 is 0. The Balaban J connectivity index is 1.58. The smallest absolute Gasteiger partial charge is 0.0397 e. The van der Waals surface area contributed by atoms with E-state index in [1.165, 1.54) is 28.7 Å². The van der Waals surface area contributed by atoms with E-state index in [2.05, 4.69) is 73.1 Å². The van der Waals surface area contributed by atoms with E-state index in [4.69, 9.17) is 0 Å². The minimum absolute atomic E-state index is 0.864. The zero-order valence-corrected chi connectivity index (χ0v) is 14.9. The molecule has 0 fully saturated rings. The maximum absolute atomic E-state index is 3.99. The van der Waals surface area contributed by atoms with Gasteiger partial charge in [0.2, 0.25) is 0 Å². The molecule has 2 nitrogen and oxygen atoms in total. The second kappa shape index (κ2) is 7.67. The van der Waals surface area contributed by atoms with Crippen molar-refractivity contribution in [1.29, 1.82) is 0 Å². The minimum Gasteiger partial charge on any atom is -0.385 e. The van der Waals surface area contributed by atoms with Gasteiger partial charge in [0.15, 0.2) is 0 Å². The van der Waals surface area contributed by atoms with Crippen molar-refractivity contribution >= 4 is 0 Å². The second-order valence-electron chi connectivity index (χ2n) is 6.80. The van der Waals surface area contributed by atoms with Crippen molar-refractivity contribution in [3.63, 3.8) is 0 Å². The summed E-state index contributed by atoms with van der Waals surface area (Å²) in [6, 6.07) is 15.7. The van der Waals surface area contributed by atoms with E-state index in [1.54, 1.807) is 5.56 Å². The molecule has 0 spiro atoms. The fourth-order valence-electron chi connectivity index (χ4n) is 3.37. The second-order valence-corrected chi connectivity index (χ2v) is 6.80. The maximum atomic E-state index is 3.99. The summed E-state index contributed by atoms with van der Waals surface area (Å²) in [5.74, 6) is 0. The molecule has 3 rings (SSSR count).